The molecule has 0 radical (unpaired) electrons. The Balaban J connectivity index is 5.54. The van der Waals surface area contributed by atoms with Gasteiger partial charge < -0.3 is 4.74 Å². The van der Waals surface area contributed by atoms with Gasteiger partial charge >= 0.3 is 5.97 Å². The summed E-state index contributed by atoms with van der Waals surface area (Å²) in [6.07, 6.45) is 2.32. The molecule has 2 nitrogen and oxygen atoms in total. The van der Waals surface area contributed by atoms with Crippen molar-refractivity contribution < 1.29 is 9.53 Å². The summed E-state index contributed by atoms with van der Waals surface area (Å²) >= 11 is 0. The fourth-order valence-corrected chi connectivity index (χ4v) is 104. The predicted octanol–water partition coefficient (Wildman–Crippen LogP) is 5.19. The first-order valence-electron chi connectivity index (χ1n) is 8.43. The molecule has 0 rings (SSSR count). The molecule has 0 aromatic carbocycles. The summed E-state index contributed by atoms with van der Waals surface area (Å²) in [4.78, 5) is 11.4. The average molecular weight is 375 g/mol. The molecule has 1 atom stereocenters. The van der Waals surface area contributed by atoms with Crippen molar-refractivity contribution in [2.45, 2.75) is 84.4 Å². The molecule has 0 fully saturated rings. The van der Waals surface area contributed by atoms with Gasteiger partial charge in [-0.2, -0.15) is 0 Å². The molecule has 0 aliphatic carbocycles. The maximum atomic E-state index is 11.4. The molecule has 0 aromatic heterocycles. The third kappa shape index (κ3) is 4.79. The van der Waals surface area contributed by atoms with Gasteiger partial charge in [-0.1, -0.05) is 71.5 Å². The molecule has 0 heterocycles. The van der Waals surface area contributed by atoms with Crippen molar-refractivity contribution in [3.8, 4) is 0 Å². The second kappa shape index (κ2) is 7.32. The molecule has 0 bridgehead atoms. The van der Waals surface area contributed by atoms with E-state index in [1.807, 2.05) is 6.92 Å². The number of esters is 1. The van der Waals surface area contributed by atoms with Crippen molar-refractivity contribution >= 4 is 35.4 Å². The Morgan fingerprint density at radius 3 is 1.59 bits per heavy atom. The maximum absolute atomic E-state index is 11.4. The number of ether oxygens (including phenoxy) is 1. The monoisotopic (exact) mass is 374 g/mol. The van der Waals surface area contributed by atoms with Crippen LogP contribution < -0.4 is 0 Å². The number of carbonyl (C=O) groups excluding carboxylic acids is 1. The van der Waals surface area contributed by atoms with Crippen LogP contribution in [-0.2, 0) is 9.53 Å². The lowest BCUT2D eigenvalue weighted by Crippen LogP contribution is -2.82. The fourth-order valence-electron chi connectivity index (χ4n) is 5.23. The summed E-state index contributed by atoms with van der Waals surface area (Å²) in [6.45, 7) is 27.7. The van der Waals surface area contributed by atoms with Gasteiger partial charge in [0.25, 0.3) is 0 Å². The Kier molecular flexibility index (Phi) is 7.34. The standard InChI is InChI=1S/C16H38O2Si4/c1-12-16(17)18-15(2)13-14-22(19(3,4)5,20(6,7)8)21(9,10)11/h12,15H,1,13-14H2,2-11H3. The molecule has 22 heavy (non-hydrogen) atoms. The van der Waals surface area contributed by atoms with Crippen LogP contribution in [0.5, 0.6) is 0 Å². The van der Waals surface area contributed by atoms with E-state index < -0.39 is 29.4 Å². The minimum atomic E-state index is -1.32. The van der Waals surface area contributed by atoms with E-state index in [0.29, 0.717) is 0 Å². The van der Waals surface area contributed by atoms with Crippen molar-refractivity contribution in [2.75, 3.05) is 0 Å². The average Bonchev–Trinajstić information content (AvgIpc) is 2.23. The van der Waals surface area contributed by atoms with Gasteiger partial charge in [0, 0.05) is 35.5 Å². The zero-order valence-electron chi connectivity index (χ0n) is 16.6. The number of carbonyl (C=O) groups is 1. The third-order valence-corrected chi connectivity index (χ3v) is 79.8. The zero-order chi connectivity index (χ0) is 18.0. The molecule has 6 heteroatoms. The first kappa shape index (κ1) is 22.1. The Morgan fingerprint density at radius 2 is 1.32 bits per heavy atom. The highest BCUT2D eigenvalue weighted by molar-refractivity contribution is 7.89. The van der Waals surface area contributed by atoms with Crippen LogP contribution in [0.15, 0.2) is 12.7 Å². The minimum absolute atomic E-state index is 0.0152. The van der Waals surface area contributed by atoms with Gasteiger partial charge in [-0.3, -0.25) is 0 Å². The fraction of sp³-hybridized carbons (Fsp3) is 0.812. The van der Waals surface area contributed by atoms with Crippen LogP contribution in [0.2, 0.25) is 65.0 Å². The maximum Gasteiger partial charge on any atom is 0.330 e. The lowest BCUT2D eigenvalue weighted by Gasteiger charge is -2.58. The Hall–Kier alpha value is 0.0775. The third-order valence-electron chi connectivity index (χ3n) is 5.25. The first-order valence-corrected chi connectivity index (χ1v) is 24.1. The van der Waals surface area contributed by atoms with Gasteiger partial charge in [0.15, 0.2) is 0 Å². The first-order chi connectivity index (χ1) is 9.60. The van der Waals surface area contributed by atoms with E-state index in [9.17, 15) is 4.79 Å². The van der Waals surface area contributed by atoms with Gasteiger partial charge in [-0.05, 0) is 13.3 Å². The van der Waals surface area contributed by atoms with Crippen LogP contribution in [0.1, 0.15) is 13.3 Å². The van der Waals surface area contributed by atoms with Gasteiger partial charge in [-0.25, -0.2) is 4.79 Å². The smallest absolute Gasteiger partial charge is 0.330 e. The van der Waals surface area contributed by atoms with Gasteiger partial charge in [0.1, 0.15) is 0 Å². The second-order valence-electron chi connectivity index (χ2n) is 9.65. The normalized spacial score (nSPS) is 15.4. The molecule has 0 saturated heterocycles. The van der Waals surface area contributed by atoms with Crippen LogP contribution >= 0.6 is 0 Å². The minimum Gasteiger partial charge on any atom is -0.460 e. The number of hydrogen-bond donors (Lipinski definition) is 0. The van der Waals surface area contributed by atoms with E-state index in [1.54, 1.807) is 0 Å². The molecular weight excluding hydrogens is 337 g/mol. The van der Waals surface area contributed by atoms with Crippen molar-refractivity contribution in [1.29, 1.82) is 0 Å². The Morgan fingerprint density at radius 1 is 0.955 bits per heavy atom. The molecule has 0 N–H and O–H groups in total. The van der Waals surface area contributed by atoms with E-state index in [2.05, 4.69) is 65.5 Å². The number of rotatable bonds is 8. The van der Waals surface area contributed by atoms with E-state index in [0.717, 1.165) is 6.42 Å². The van der Waals surface area contributed by atoms with Gasteiger partial charge in [0.2, 0.25) is 0 Å². The zero-order valence-corrected chi connectivity index (χ0v) is 20.6. The summed E-state index contributed by atoms with van der Waals surface area (Å²) in [5, 5.41) is 0. The van der Waals surface area contributed by atoms with Crippen LogP contribution in [0.25, 0.3) is 0 Å². The predicted molar refractivity (Wildman–Crippen MR) is 111 cm³/mol. The highest BCUT2D eigenvalue weighted by atomic mass is 29.9. The Bertz CT molecular complexity index is 364. The van der Waals surface area contributed by atoms with Crippen molar-refractivity contribution in [2.24, 2.45) is 0 Å². The van der Waals surface area contributed by atoms with E-state index in [4.69, 9.17) is 4.74 Å². The van der Waals surface area contributed by atoms with Crippen LogP contribution in [0, 0.1) is 0 Å². The largest absolute Gasteiger partial charge is 0.460 e. The summed E-state index contributed by atoms with van der Waals surface area (Å²) in [5.74, 6) is -0.284. The quantitative estimate of drug-likeness (QED) is 0.332. The van der Waals surface area contributed by atoms with Crippen LogP contribution in [0.3, 0.4) is 0 Å². The molecule has 0 aromatic rings. The molecule has 0 aliphatic heterocycles. The van der Waals surface area contributed by atoms with E-state index >= 15 is 0 Å². The van der Waals surface area contributed by atoms with Crippen molar-refractivity contribution in [3.63, 3.8) is 0 Å². The van der Waals surface area contributed by atoms with Crippen molar-refractivity contribution in [1.82, 2.24) is 0 Å². The van der Waals surface area contributed by atoms with Crippen LogP contribution in [0.4, 0.5) is 0 Å². The molecule has 1 unspecified atom stereocenters. The summed E-state index contributed by atoms with van der Waals surface area (Å²) in [5.41, 5.74) is 0. The van der Waals surface area contributed by atoms with E-state index in [1.165, 1.54) is 12.1 Å². The summed E-state index contributed by atoms with van der Waals surface area (Å²) in [7, 11) is -3.66. The molecule has 0 spiro atoms. The molecule has 0 aliphatic rings. The van der Waals surface area contributed by atoms with Gasteiger partial charge in [-0.15, -0.1) is 0 Å². The Labute approximate surface area is 142 Å². The second-order valence-corrected chi connectivity index (χ2v) is 51.1. The molecule has 130 valence electrons. The SMILES string of the molecule is C=CC(=O)OC(C)CC[Si]([Si](C)(C)C)([Si](C)(C)C)[Si](C)(C)C. The van der Waals surface area contributed by atoms with E-state index in [-0.39, 0.29) is 12.1 Å². The summed E-state index contributed by atoms with van der Waals surface area (Å²) < 4.78 is 5.44. The molecular formula is C16H38O2Si4. The lowest BCUT2D eigenvalue weighted by molar-refractivity contribution is -0.142. The van der Waals surface area contributed by atoms with Crippen molar-refractivity contribution in [3.05, 3.63) is 12.7 Å². The van der Waals surface area contributed by atoms with Gasteiger partial charge in [0.05, 0.1) is 6.10 Å². The molecule has 0 saturated carbocycles. The summed E-state index contributed by atoms with van der Waals surface area (Å²) in [6, 6.07) is 1.35. The topological polar surface area (TPSA) is 26.3 Å². The highest BCUT2D eigenvalue weighted by Gasteiger charge is 2.60. The van der Waals surface area contributed by atoms with Crippen LogP contribution in [-0.4, -0.2) is 41.5 Å². The highest BCUT2D eigenvalue weighted by Crippen LogP contribution is 2.41. The molecule has 0 amide bonds. The lowest BCUT2D eigenvalue weighted by atomic mass is 10.3. The number of hydrogen-bond acceptors (Lipinski definition) is 2.